The third-order valence-corrected chi connectivity index (χ3v) is 4.99. The zero-order chi connectivity index (χ0) is 19.9. The number of carbonyl (C=O) groups excluding carboxylic acids is 2. The van der Waals surface area contributed by atoms with Crippen LogP contribution in [0.5, 0.6) is 11.5 Å². The van der Waals surface area contributed by atoms with Gasteiger partial charge in [0, 0.05) is 44.2 Å². The Hall–Kier alpha value is -3.02. The van der Waals surface area contributed by atoms with Gasteiger partial charge in [-0.05, 0) is 24.1 Å². The van der Waals surface area contributed by atoms with Crippen LogP contribution in [0.15, 0.2) is 48.5 Å². The van der Waals surface area contributed by atoms with Gasteiger partial charge in [-0.1, -0.05) is 30.3 Å². The van der Waals surface area contributed by atoms with Gasteiger partial charge in [0.05, 0.1) is 14.2 Å². The summed E-state index contributed by atoms with van der Waals surface area (Å²) in [6.07, 6.45) is 1.23. The van der Waals surface area contributed by atoms with E-state index in [1.807, 2.05) is 35.2 Å². The molecule has 1 fully saturated rings. The fourth-order valence-corrected chi connectivity index (χ4v) is 3.33. The van der Waals surface area contributed by atoms with E-state index < -0.39 is 0 Å². The van der Waals surface area contributed by atoms with Crippen molar-refractivity contribution < 1.29 is 19.1 Å². The SMILES string of the molecule is COc1cc(OC)cc(C(=O)N2CCN(C(=O)CCc3ccccc3)CC2)c1. The first-order valence-electron chi connectivity index (χ1n) is 9.44. The second-order valence-corrected chi connectivity index (χ2v) is 6.76. The standard InChI is InChI=1S/C22H26N2O4/c1-27-19-14-18(15-20(16-19)28-2)22(26)24-12-10-23(11-13-24)21(25)9-8-17-6-4-3-5-7-17/h3-7,14-16H,8-13H2,1-2H3. The molecule has 0 aliphatic carbocycles. The summed E-state index contributed by atoms with van der Waals surface area (Å²) in [5, 5.41) is 0. The highest BCUT2D eigenvalue weighted by Gasteiger charge is 2.25. The smallest absolute Gasteiger partial charge is 0.254 e. The number of nitrogens with zero attached hydrogens (tertiary/aromatic N) is 2. The van der Waals surface area contributed by atoms with Crippen molar-refractivity contribution >= 4 is 11.8 Å². The number of piperazine rings is 1. The van der Waals surface area contributed by atoms with Gasteiger partial charge >= 0.3 is 0 Å². The Morgan fingerprint density at radius 2 is 1.43 bits per heavy atom. The molecule has 28 heavy (non-hydrogen) atoms. The van der Waals surface area contributed by atoms with Crippen LogP contribution in [-0.2, 0) is 11.2 Å². The van der Waals surface area contributed by atoms with Gasteiger partial charge in [0.1, 0.15) is 11.5 Å². The van der Waals surface area contributed by atoms with Gasteiger partial charge in [-0.15, -0.1) is 0 Å². The molecule has 1 heterocycles. The Morgan fingerprint density at radius 3 is 2.00 bits per heavy atom. The molecular formula is C22H26N2O4. The van der Waals surface area contributed by atoms with E-state index in [4.69, 9.17) is 9.47 Å². The van der Waals surface area contributed by atoms with E-state index in [1.54, 1.807) is 37.3 Å². The average Bonchev–Trinajstić information content (AvgIpc) is 2.77. The lowest BCUT2D eigenvalue weighted by Gasteiger charge is -2.35. The summed E-state index contributed by atoms with van der Waals surface area (Å²) >= 11 is 0. The summed E-state index contributed by atoms with van der Waals surface area (Å²) in [5.74, 6) is 1.22. The largest absolute Gasteiger partial charge is 0.497 e. The number of carbonyl (C=O) groups is 2. The number of hydrogen-bond acceptors (Lipinski definition) is 4. The molecule has 2 amide bonds. The third kappa shape index (κ3) is 4.82. The summed E-state index contributed by atoms with van der Waals surface area (Å²) in [7, 11) is 3.12. The van der Waals surface area contributed by atoms with Gasteiger partial charge in [-0.2, -0.15) is 0 Å². The molecule has 1 saturated heterocycles. The molecule has 3 rings (SSSR count). The summed E-state index contributed by atoms with van der Waals surface area (Å²) in [6, 6.07) is 15.2. The molecule has 6 nitrogen and oxygen atoms in total. The predicted molar refractivity (Wildman–Crippen MR) is 107 cm³/mol. The van der Waals surface area contributed by atoms with Gasteiger partial charge in [0.25, 0.3) is 5.91 Å². The molecule has 2 aromatic carbocycles. The minimum atomic E-state index is -0.0754. The number of amides is 2. The molecule has 0 spiro atoms. The van der Waals surface area contributed by atoms with Crippen LogP contribution in [0, 0.1) is 0 Å². The number of methoxy groups -OCH3 is 2. The Balaban J connectivity index is 1.54. The third-order valence-electron chi connectivity index (χ3n) is 4.99. The Labute approximate surface area is 165 Å². The highest BCUT2D eigenvalue weighted by atomic mass is 16.5. The first kappa shape index (κ1) is 19.7. The first-order valence-corrected chi connectivity index (χ1v) is 9.44. The van der Waals surface area contributed by atoms with E-state index in [-0.39, 0.29) is 11.8 Å². The maximum Gasteiger partial charge on any atom is 0.254 e. The number of ether oxygens (including phenoxy) is 2. The van der Waals surface area contributed by atoms with Gasteiger partial charge in [0.2, 0.25) is 5.91 Å². The van der Waals surface area contributed by atoms with Crippen molar-refractivity contribution in [1.82, 2.24) is 9.80 Å². The highest BCUT2D eigenvalue weighted by Crippen LogP contribution is 2.24. The van der Waals surface area contributed by atoms with Gasteiger partial charge in [0.15, 0.2) is 0 Å². The Morgan fingerprint density at radius 1 is 0.857 bits per heavy atom. The van der Waals surface area contributed by atoms with Gasteiger partial charge < -0.3 is 19.3 Å². The zero-order valence-electron chi connectivity index (χ0n) is 16.4. The molecular weight excluding hydrogens is 356 g/mol. The number of hydrogen-bond donors (Lipinski definition) is 0. The molecule has 0 N–H and O–H groups in total. The van der Waals surface area contributed by atoms with Crippen LogP contribution >= 0.6 is 0 Å². The van der Waals surface area contributed by atoms with E-state index in [0.717, 1.165) is 12.0 Å². The quantitative estimate of drug-likeness (QED) is 0.771. The van der Waals surface area contributed by atoms with Crippen molar-refractivity contribution in [2.24, 2.45) is 0 Å². The molecule has 0 radical (unpaired) electrons. The molecule has 0 saturated carbocycles. The van der Waals surface area contributed by atoms with E-state index in [0.29, 0.717) is 49.7 Å². The molecule has 148 valence electrons. The lowest BCUT2D eigenvalue weighted by molar-refractivity contribution is -0.132. The van der Waals surface area contributed by atoms with Crippen LogP contribution in [0.2, 0.25) is 0 Å². The highest BCUT2D eigenvalue weighted by molar-refractivity contribution is 5.95. The zero-order valence-corrected chi connectivity index (χ0v) is 16.4. The van der Waals surface area contributed by atoms with E-state index in [9.17, 15) is 9.59 Å². The summed E-state index contributed by atoms with van der Waals surface area (Å²) in [4.78, 5) is 28.9. The minimum absolute atomic E-state index is 0.0754. The molecule has 0 atom stereocenters. The second kappa shape index (κ2) is 9.26. The Bertz CT molecular complexity index is 792. The lowest BCUT2D eigenvalue weighted by Crippen LogP contribution is -2.50. The van der Waals surface area contributed by atoms with Crippen LogP contribution in [0.3, 0.4) is 0 Å². The van der Waals surface area contributed by atoms with Crippen LogP contribution in [-0.4, -0.2) is 62.0 Å². The van der Waals surface area contributed by atoms with Crippen LogP contribution in [0.4, 0.5) is 0 Å². The monoisotopic (exact) mass is 382 g/mol. The van der Waals surface area contributed by atoms with Crippen LogP contribution < -0.4 is 9.47 Å². The number of benzene rings is 2. The fourth-order valence-electron chi connectivity index (χ4n) is 3.33. The topological polar surface area (TPSA) is 59.1 Å². The van der Waals surface area contributed by atoms with Crippen molar-refractivity contribution in [3.63, 3.8) is 0 Å². The molecule has 0 unspecified atom stereocenters. The van der Waals surface area contributed by atoms with E-state index in [2.05, 4.69) is 0 Å². The first-order chi connectivity index (χ1) is 13.6. The lowest BCUT2D eigenvalue weighted by atomic mass is 10.1. The summed E-state index contributed by atoms with van der Waals surface area (Å²) in [5.41, 5.74) is 1.69. The van der Waals surface area contributed by atoms with Gasteiger partial charge in [-0.3, -0.25) is 9.59 Å². The molecule has 0 bridgehead atoms. The predicted octanol–water partition coefficient (Wildman–Crippen LogP) is 2.62. The fraction of sp³-hybridized carbons (Fsp3) is 0.364. The Kier molecular flexibility index (Phi) is 6.53. The van der Waals surface area contributed by atoms with Crippen molar-refractivity contribution in [1.29, 1.82) is 0 Å². The second-order valence-electron chi connectivity index (χ2n) is 6.76. The maximum absolute atomic E-state index is 12.8. The summed E-state index contributed by atoms with van der Waals surface area (Å²) < 4.78 is 10.5. The van der Waals surface area contributed by atoms with Gasteiger partial charge in [-0.25, -0.2) is 0 Å². The van der Waals surface area contributed by atoms with Crippen molar-refractivity contribution in [3.05, 3.63) is 59.7 Å². The molecule has 1 aliphatic rings. The molecule has 0 aromatic heterocycles. The van der Waals surface area contributed by atoms with E-state index >= 15 is 0 Å². The van der Waals surface area contributed by atoms with Crippen LogP contribution in [0.25, 0.3) is 0 Å². The minimum Gasteiger partial charge on any atom is -0.497 e. The number of rotatable bonds is 6. The maximum atomic E-state index is 12.8. The average molecular weight is 382 g/mol. The molecule has 1 aliphatic heterocycles. The molecule has 6 heteroatoms. The summed E-state index contributed by atoms with van der Waals surface area (Å²) in [6.45, 7) is 2.16. The van der Waals surface area contributed by atoms with E-state index in [1.165, 1.54) is 0 Å². The normalized spacial score (nSPS) is 13.9. The molecule has 2 aromatic rings. The van der Waals surface area contributed by atoms with Crippen LogP contribution in [0.1, 0.15) is 22.3 Å². The van der Waals surface area contributed by atoms with Crippen molar-refractivity contribution in [2.75, 3.05) is 40.4 Å². The number of aryl methyl sites for hydroxylation is 1. The van der Waals surface area contributed by atoms with Crippen molar-refractivity contribution in [2.45, 2.75) is 12.8 Å². The van der Waals surface area contributed by atoms with Crippen molar-refractivity contribution in [3.8, 4) is 11.5 Å².